The van der Waals surface area contributed by atoms with E-state index >= 15 is 0 Å². The van der Waals surface area contributed by atoms with Gasteiger partial charge in [-0.25, -0.2) is 0 Å². The van der Waals surface area contributed by atoms with Crippen LogP contribution >= 0.6 is 0 Å². The number of phenols is 2. The molecule has 1 aliphatic rings. The highest BCUT2D eigenvalue weighted by molar-refractivity contribution is 6.13. The average Bonchev–Trinajstić information content (AvgIpc) is 2.44. The zero-order valence-corrected chi connectivity index (χ0v) is 10.8. The number of para-hydroxylation sites is 1. The van der Waals surface area contributed by atoms with Gasteiger partial charge >= 0.3 is 0 Å². The van der Waals surface area contributed by atoms with Crippen molar-refractivity contribution in [2.45, 2.75) is 12.8 Å². The number of carbonyl (C=O) groups excluding carboxylic acids is 1. The maximum Gasteiger partial charge on any atom is 0.189 e. The highest BCUT2D eigenvalue weighted by Crippen LogP contribution is 2.30. The number of fused-ring (bicyclic) bond motifs is 1. The minimum atomic E-state index is -0.0329. The number of ketones is 1. The lowest BCUT2D eigenvalue weighted by Gasteiger charge is -2.17. The van der Waals surface area contributed by atoms with Crippen LogP contribution in [0.5, 0.6) is 11.5 Å². The molecular weight excluding hydrogens is 252 g/mol. The molecule has 0 fully saturated rings. The molecule has 3 heteroatoms. The Bertz CT molecular complexity index is 714. The van der Waals surface area contributed by atoms with Gasteiger partial charge in [0, 0.05) is 16.7 Å². The minimum Gasteiger partial charge on any atom is -0.508 e. The van der Waals surface area contributed by atoms with Crippen molar-refractivity contribution in [2.24, 2.45) is 0 Å². The number of hydrogen-bond donors (Lipinski definition) is 2. The molecule has 1 aliphatic carbocycles. The van der Waals surface area contributed by atoms with Crippen molar-refractivity contribution in [1.29, 1.82) is 0 Å². The first kappa shape index (κ1) is 12.5. The first-order valence-electron chi connectivity index (χ1n) is 6.50. The number of aryl methyl sites for hydroxylation is 1. The molecule has 3 rings (SSSR count). The van der Waals surface area contributed by atoms with Gasteiger partial charge in [-0.15, -0.1) is 0 Å². The smallest absolute Gasteiger partial charge is 0.189 e. The van der Waals surface area contributed by atoms with E-state index < -0.39 is 0 Å². The first-order valence-corrected chi connectivity index (χ1v) is 6.50. The summed E-state index contributed by atoms with van der Waals surface area (Å²) >= 11 is 0. The van der Waals surface area contributed by atoms with E-state index in [1.54, 1.807) is 36.4 Å². The van der Waals surface area contributed by atoms with E-state index in [0.717, 1.165) is 12.0 Å². The first-order chi connectivity index (χ1) is 9.65. The van der Waals surface area contributed by atoms with Gasteiger partial charge in [-0.2, -0.15) is 0 Å². The fraction of sp³-hybridized carbons (Fsp3) is 0.118. The molecule has 0 saturated carbocycles. The number of Topliss-reactive ketones (excluding diaryl/α,β-unsaturated/α-hetero) is 1. The Labute approximate surface area is 116 Å². The van der Waals surface area contributed by atoms with E-state index in [2.05, 4.69) is 0 Å². The van der Waals surface area contributed by atoms with Crippen LogP contribution in [-0.4, -0.2) is 16.0 Å². The Hall–Kier alpha value is -2.55. The fourth-order valence-electron chi connectivity index (χ4n) is 2.50. The molecule has 0 spiro atoms. The molecule has 0 unspecified atom stereocenters. The topological polar surface area (TPSA) is 57.5 Å². The van der Waals surface area contributed by atoms with E-state index in [-0.39, 0.29) is 17.3 Å². The van der Waals surface area contributed by atoms with Gasteiger partial charge in [0.2, 0.25) is 0 Å². The van der Waals surface area contributed by atoms with Gasteiger partial charge in [-0.1, -0.05) is 18.2 Å². The summed E-state index contributed by atoms with van der Waals surface area (Å²) in [7, 11) is 0. The highest BCUT2D eigenvalue weighted by Gasteiger charge is 2.22. The zero-order chi connectivity index (χ0) is 14.1. The van der Waals surface area contributed by atoms with Gasteiger partial charge in [0.1, 0.15) is 11.5 Å². The Kier molecular flexibility index (Phi) is 3.03. The Balaban J connectivity index is 2.00. The molecule has 0 radical (unpaired) electrons. The van der Waals surface area contributed by atoms with Crippen LogP contribution in [0.1, 0.15) is 27.9 Å². The molecule has 2 aromatic rings. The Morgan fingerprint density at radius 1 is 1.00 bits per heavy atom. The molecule has 0 atom stereocenters. The standard InChI is InChI=1S/C17H14O3/c18-14-7-8-15-11(10-14)5-6-13(17(15)20)9-12-3-1-2-4-16(12)19/h1-4,7-10,18-19H,5-6H2/b13-9+. The van der Waals surface area contributed by atoms with Crippen molar-refractivity contribution in [3.63, 3.8) is 0 Å². The third-order valence-electron chi connectivity index (χ3n) is 3.56. The normalized spacial score (nSPS) is 16.2. The summed E-state index contributed by atoms with van der Waals surface area (Å²) in [5.41, 5.74) is 2.85. The SMILES string of the molecule is O=C1/C(=C/c2ccccc2O)CCc2cc(O)ccc21. The summed E-state index contributed by atoms with van der Waals surface area (Å²) in [6.45, 7) is 0. The monoisotopic (exact) mass is 266 g/mol. The summed E-state index contributed by atoms with van der Waals surface area (Å²) < 4.78 is 0. The van der Waals surface area contributed by atoms with Crippen molar-refractivity contribution in [2.75, 3.05) is 0 Å². The minimum absolute atomic E-state index is 0.0329. The van der Waals surface area contributed by atoms with Crippen molar-refractivity contribution in [3.05, 3.63) is 64.7 Å². The number of hydrogen-bond acceptors (Lipinski definition) is 3. The van der Waals surface area contributed by atoms with Gasteiger partial charge in [0.25, 0.3) is 0 Å². The number of rotatable bonds is 1. The predicted octanol–water partition coefficient (Wildman–Crippen LogP) is 3.31. The molecular formula is C17H14O3. The zero-order valence-electron chi connectivity index (χ0n) is 10.8. The van der Waals surface area contributed by atoms with Gasteiger partial charge in [-0.05, 0) is 48.7 Å². The fourth-order valence-corrected chi connectivity index (χ4v) is 2.50. The molecule has 0 aromatic heterocycles. The summed E-state index contributed by atoms with van der Waals surface area (Å²) in [6.07, 6.45) is 3.08. The molecule has 3 nitrogen and oxygen atoms in total. The summed E-state index contributed by atoms with van der Waals surface area (Å²) in [5.74, 6) is 0.323. The molecule has 0 amide bonds. The van der Waals surface area contributed by atoms with E-state index in [9.17, 15) is 15.0 Å². The second-order valence-electron chi connectivity index (χ2n) is 4.90. The van der Waals surface area contributed by atoms with Crippen LogP contribution in [0.3, 0.4) is 0 Å². The van der Waals surface area contributed by atoms with Crippen LogP contribution in [0.4, 0.5) is 0 Å². The third-order valence-corrected chi connectivity index (χ3v) is 3.56. The predicted molar refractivity (Wildman–Crippen MR) is 76.8 cm³/mol. The average molecular weight is 266 g/mol. The molecule has 0 aliphatic heterocycles. The largest absolute Gasteiger partial charge is 0.508 e. The third kappa shape index (κ3) is 2.18. The van der Waals surface area contributed by atoms with Crippen LogP contribution in [0, 0.1) is 0 Å². The lowest BCUT2D eigenvalue weighted by Crippen LogP contribution is -2.13. The second-order valence-corrected chi connectivity index (χ2v) is 4.90. The lowest BCUT2D eigenvalue weighted by molar-refractivity contribution is 0.102. The molecule has 2 N–H and O–H groups in total. The van der Waals surface area contributed by atoms with Crippen molar-refractivity contribution in [1.82, 2.24) is 0 Å². The van der Waals surface area contributed by atoms with Crippen LogP contribution in [0.2, 0.25) is 0 Å². The Morgan fingerprint density at radius 2 is 1.80 bits per heavy atom. The lowest BCUT2D eigenvalue weighted by atomic mass is 9.86. The molecule has 20 heavy (non-hydrogen) atoms. The van der Waals surface area contributed by atoms with Crippen LogP contribution < -0.4 is 0 Å². The van der Waals surface area contributed by atoms with Gasteiger partial charge < -0.3 is 10.2 Å². The maximum atomic E-state index is 12.4. The van der Waals surface area contributed by atoms with Gasteiger partial charge in [-0.3, -0.25) is 4.79 Å². The maximum absolute atomic E-state index is 12.4. The van der Waals surface area contributed by atoms with E-state index in [0.29, 0.717) is 23.1 Å². The molecule has 0 bridgehead atoms. The summed E-state index contributed by atoms with van der Waals surface area (Å²) in [5, 5.41) is 19.2. The number of phenolic OH excluding ortho intramolecular Hbond substituents is 2. The van der Waals surface area contributed by atoms with E-state index in [4.69, 9.17) is 0 Å². The van der Waals surface area contributed by atoms with Crippen LogP contribution in [0.25, 0.3) is 6.08 Å². The molecule has 2 aromatic carbocycles. The van der Waals surface area contributed by atoms with E-state index in [1.165, 1.54) is 6.07 Å². The quantitative estimate of drug-likeness (QED) is 0.778. The van der Waals surface area contributed by atoms with Crippen molar-refractivity contribution < 1.29 is 15.0 Å². The van der Waals surface area contributed by atoms with Gasteiger partial charge in [0.05, 0.1) is 0 Å². The Morgan fingerprint density at radius 3 is 2.60 bits per heavy atom. The van der Waals surface area contributed by atoms with Crippen molar-refractivity contribution >= 4 is 11.9 Å². The van der Waals surface area contributed by atoms with Crippen LogP contribution in [-0.2, 0) is 6.42 Å². The molecule has 0 saturated heterocycles. The molecule has 0 heterocycles. The summed E-state index contributed by atoms with van der Waals surface area (Å²) in [6, 6.07) is 11.8. The number of aromatic hydroxyl groups is 2. The number of allylic oxidation sites excluding steroid dienone is 1. The number of carbonyl (C=O) groups is 1. The second kappa shape index (κ2) is 4.85. The van der Waals surface area contributed by atoms with Crippen LogP contribution in [0.15, 0.2) is 48.0 Å². The highest BCUT2D eigenvalue weighted by atomic mass is 16.3. The molecule has 100 valence electrons. The summed E-state index contributed by atoms with van der Waals surface area (Å²) in [4.78, 5) is 12.4. The van der Waals surface area contributed by atoms with Crippen molar-refractivity contribution in [3.8, 4) is 11.5 Å². The van der Waals surface area contributed by atoms with E-state index in [1.807, 2.05) is 6.07 Å². The number of benzene rings is 2. The van der Waals surface area contributed by atoms with Gasteiger partial charge in [0.15, 0.2) is 5.78 Å².